The summed E-state index contributed by atoms with van der Waals surface area (Å²) in [5.41, 5.74) is 0.316. The van der Waals surface area contributed by atoms with Gasteiger partial charge in [0.1, 0.15) is 11.6 Å². The maximum atomic E-state index is 13.2. The van der Waals surface area contributed by atoms with Gasteiger partial charge in [-0.3, -0.25) is 0 Å². The van der Waals surface area contributed by atoms with Gasteiger partial charge in [-0.05, 0) is 29.5 Å². The summed E-state index contributed by atoms with van der Waals surface area (Å²) in [6.45, 7) is 0.0490. The van der Waals surface area contributed by atoms with E-state index >= 15 is 0 Å². The standard InChI is InChI=1S/C12H11FN4O3/c1-17-15-11(14-16-17)7-20-10-4-3-9(13)6-8(10)2-5-12(18)19/h2-6H,7H2,1H3,(H,18,19)/b5-2+. The van der Waals surface area contributed by atoms with E-state index in [1.54, 1.807) is 7.05 Å². The largest absolute Gasteiger partial charge is 0.485 e. The molecule has 1 aromatic heterocycles. The molecular weight excluding hydrogens is 267 g/mol. The van der Waals surface area contributed by atoms with Gasteiger partial charge in [0.05, 0.1) is 7.05 Å². The Bertz CT molecular complexity index is 654. The number of benzene rings is 1. The van der Waals surface area contributed by atoms with E-state index in [-0.39, 0.29) is 6.61 Å². The zero-order valence-corrected chi connectivity index (χ0v) is 10.5. The van der Waals surface area contributed by atoms with Crippen LogP contribution in [0.25, 0.3) is 6.08 Å². The smallest absolute Gasteiger partial charge is 0.328 e. The maximum Gasteiger partial charge on any atom is 0.328 e. The topological polar surface area (TPSA) is 90.1 Å². The average molecular weight is 278 g/mol. The first kappa shape index (κ1) is 13.7. The molecule has 0 aliphatic carbocycles. The fourth-order valence-electron chi connectivity index (χ4n) is 1.47. The van der Waals surface area contributed by atoms with Gasteiger partial charge in [-0.15, -0.1) is 10.2 Å². The van der Waals surface area contributed by atoms with Crippen molar-refractivity contribution in [2.24, 2.45) is 7.05 Å². The number of ether oxygens (including phenoxy) is 1. The van der Waals surface area contributed by atoms with Crippen LogP contribution in [0.5, 0.6) is 5.75 Å². The van der Waals surface area contributed by atoms with E-state index in [4.69, 9.17) is 9.84 Å². The van der Waals surface area contributed by atoms with Crippen molar-refractivity contribution in [1.29, 1.82) is 0 Å². The average Bonchev–Trinajstić information content (AvgIpc) is 2.81. The van der Waals surface area contributed by atoms with Crippen molar-refractivity contribution in [2.45, 2.75) is 6.61 Å². The summed E-state index contributed by atoms with van der Waals surface area (Å²) in [5.74, 6) is -0.919. The summed E-state index contributed by atoms with van der Waals surface area (Å²) in [4.78, 5) is 11.8. The van der Waals surface area contributed by atoms with E-state index in [0.717, 1.165) is 6.08 Å². The van der Waals surface area contributed by atoms with Gasteiger partial charge in [-0.2, -0.15) is 4.80 Å². The Balaban J connectivity index is 2.15. The molecule has 104 valence electrons. The van der Waals surface area contributed by atoms with E-state index in [2.05, 4.69) is 15.4 Å². The number of aliphatic carboxylic acids is 1. The normalized spacial score (nSPS) is 10.9. The van der Waals surface area contributed by atoms with Gasteiger partial charge in [-0.1, -0.05) is 0 Å². The van der Waals surface area contributed by atoms with Crippen LogP contribution in [0.3, 0.4) is 0 Å². The number of tetrazole rings is 1. The molecule has 0 atom stereocenters. The molecule has 0 aliphatic heterocycles. The molecular formula is C12H11FN4O3. The highest BCUT2D eigenvalue weighted by Gasteiger charge is 2.06. The summed E-state index contributed by atoms with van der Waals surface area (Å²) in [6, 6.07) is 3.81. The second-order valence-corrected chi connectivity index (χ2v) is 3.84. The molecule has 0 fully saturated rings. The molecule has 0 radical (unpaired) electrons. The lowest BCUT2D eigenvalue weighted by Gasteiger charge is -2.07. The van der Waals surface area contributed by atoms with Crippen LogP contribution in [0.4, 0.5) is 4.39 Å². The zero-order chi connectivity index (χ0) is 14.5. The van der Waals surface area contributed by atoms with Gasteiger partial charge < -0.3 is 9.84 Å². The number of aryl methyl sites for hydroxylation is 1. The zero-order valence-electron chi connectivity index (χ0n) is 10.5. The predicted molar refractivity (Wildman–Crippen MR) is 66.2 cm³/mol. The minimum absolute atomic E-state index is 0.0490. The van der Waals surface area contributed by atoms with Crippen LogP contribution >= 0.6 is 0 Å². The lowest BCUT2D eigenvalue weighted by atomic mass is 10.2. The van der Waals surface area contributed by atoms with E-state index < -0.39 is 11.8 Å². The van der Waals surface area contributed by atoms with Gasteiger partial charge in [0.15, 0.2) is 6.61 Å². The highest BCUT2D eigenvalue weighted by Crippen LogP contribution is 2.22. The van der Waals surface area contributed by atoms with Gasteiger partial charge in [0.25, 0.3) is 0 Å². The van der Waals surface area contributed by atoms with Crippen LogP contribution in [0, 0.1) is 5.82 Å². The minimum Gasteiger partial charge on any atom is -0.485 e. The van der Waals surface area contributed by atoms with E-state index in [1.165, 1.54) is 29.1 Å². The van der Waals surface area contributed by atoms with Crippen LogP contribution in [-0.2, 0) is 18.4 Å². The summed E-state index contributed by atoms with van der Waals surface area (Å²) < 4.78 is 18.6. The molecule has 20 heavy (non-hydrogen) atoms. The van der Waals surface area contributed by atoms with Crippen LogP contribution in [0.2, 0.25) is 0 Å². The molecule has 0 bridgehead atoms. The molecule has 0 saturated heterocycles. The van der Waals surface area contributed by atoms with Crippen LogP contribution in [-0.4, -0.2) is 31.3 Å². The second-order valence-electron chi connectivity index (χ2n) is 3.84. The first-order valence-electron chi connectivity index (χ1n) is 5.61. The molecule has 7 nitrogen and oxygen atoms in total. The summed E-state index contributed by atoms with van der Waals surface area (Å²) in [5, 5.41) is 19.9. The first-order chi connectivity index (χ1) is 9.54. The molecule has 1 aromatic carbocycles. The number of carbonyl (C=O) groups is 1. The third kappa shape index (κ3) is 3.61. The Hall–Kier alpha value is -2.77. The van der Waals surface area contributed by atoms with Crippen molar-refractivity contribution in [2.75, 3.05) is 0 Å². The Labute approximate surface area is 113 Å². The molecule has 1 heterocycles. The van der Waals surface area contributed by atoms with Crippen molar-refractivity contribution in [3.8, 4) is 5.75 Å². The third-order valence-corrected chi connectivity index (χ3v) is 2.28. The number of rotatable bonds is 5. The molecule has 8 heteroatoms. The summed E-state index contributed by atoms with van der Waals surface area (Å²) in [6.07, 6.45) is 2.16. The predicted octanol–water partition coefficient (Wildman–Crippen LogP) is 1.03. The number of hydrogen-bond acceptors (Lipinski definition) is 5. The number of halogens is 1. The summed E-state index contributed by atoms with van der Waals surface area (Å²) in [7, 11) is 1.62. The lowest BCUT2D eigenvalue weighted by Crippen LogP contribution is -2.00. The van der Waals surface area contributed by atoms with E-state index in [1.807, 2.05) is 0 Å². The van der Waals surface area contributed by atoms with Crippen molar-refractivity contribution in [1.82, 2.24) is 20.2 Å². The Morgan fingerprint density at radius 1 is 1.55 bits per heavy atom. The monoisotopic (exact) mass is 278 g/mol. The fraction of sp³-hybridized carbons (Fsp3) is 0.167. The Kier molecular flexibility index (Phi) is 4.04. The Morgan fingerprint density at radius 3 is 3.00 bits per heavy atom. The van der Waals surface area contributed by atoms with Crippen molar-refractivity contribution >= 4 is 12.0 Å². The number of aromatic nitrogens is 4. The molecule has 1 N–H and O–H groups in total. The van der Waals surface area contributed by atoms with Gasteiger partial charge in [0.2, 0.25) is 5.82 Å². The van der Waals surface area contributed by atoms with Crippen LogP contribution in [0.15, 0.2) is 24.3 Å². The minimum atomic E-state index is -1.13. The number of carboxylic acids is 1. The second kappa shape index (κ2) is 5.91. The van der Waals surface area contributed by atoms with Gasteiger partial charge in [-0.25, -0.2) is 9.18 Å². The molecule has 0 spiro atoms. The highest BCUT2D eigenvalue weighted by atomic mass is 19.1. The highest BCUT2D eigenvalue weighted by molar-refractivity contribution is 5.85. The summed E-state index contributed by atoms with van der Waals surface area (Å²) >= 11 is 0. The lowest BCUT2D eigenvalue weighted by molar-refractivity contribution is -0.131. The van der Waals surface area contributed by atoms with Gasteiger partial charge in [0, 0.05) is 11.6 Å². The first-order valence-corrected chi connectivity index (χ1v) is 5.61. The van der Waals surface area contributed by atoms with E-state index in [0.29, 0.717) is 17.1 Å². The molecule has 2 aromatic rings. The van der Waals surface area contributed by atoms with Crippen LogP contribution < -0.4 is 4.74 Å². The van der Waals surface area contributed by atoms with Crippen molar-refractivity contribution in [3.05, 3.63) is 41.5 Å². The van der Waals surface area contributed by atoms with Crippen LogP contribution in [0.1, 0.15) is 11.4 Å². The molecule has 0 unspecified atom stereocenters. The van der Waals surface area contributed by atoms with Gasteiger partial charge >= 0.3 is 5.97 Å². The third-order valence-electron chi connectivity index (χ3n) is 2.28. The van der Waals surface area contributed by atoms with Crippen molar-refractivity contribution in [3.63, 3.8) is 0 Å². The fourth-order valence-corrected chi connectivity index (χ4v) is 1.47. The Morgan fingerprint density at radius 2 is 2.35 bits per heavy atom. The number of carboxylic acid groups (broad SMARTS) is 1. The molecule has 0 saturated carbocycles. The van der Waals surface area contributed by atoms with E-state index in [9.17, 15) is 9.18 Å². The number of nitrogens with zero attached hydrogens (tertiary/aromatic N) is 4. The SMILES string of the molecule is Cn1nnc(COc2ccc(F)cc2/C=C/C(=O)O)n1. The quantitative estimate of drug-likeness (QED) is 0.821. The number of hydrogen-bond donors (Lipinski definition) is 1. The molecule has 0 aliphatic rings. The van der Waals surface area contributed by atoms with Crippen molar-refractivity contribution < 1.29 is 19.0 Å². The molecule has 0 amide bonds. The maximum absolute atomic E-state index is 13.2. The molecule has 2 rings (SSSR count).